The van der Waals surface area contributed by atoms with Crippen molar-refractivity contribution in [1.82, 2.24) is 0 Å². The Morgan fingerprint density at radius 2 is 2.00 bits per heavy atom. The van der Waals surface area contributed by atoms with Crippen LogP contribution in [0.5, 0.6) is 5.75 Å². The molecule has 0 aromatic rings. The van der Waals surface area contributed by atoms with Gasteiger partial charge in [0.1, 0.15) is 5.75 Å². The number of ether oxygens (including phenoxy) is 2. The fourth-order valence-electron chi connectivity index (χ4n) is 0.935. The second kappa shape index (κ2) is 4.50. The van der Waals surface area contributed by atoms with Crippen molar-refractivity contribution < 1.29 is 19.4 Å². The van der Waals surface area contributed by atoms with Gasteiger partial charge in [-0.1, -0.05) is 6.07 Å². The molecule has 0 aromatic carbocycles. The summed E-state index contributed by atoms with van der Waals surface area (Å²) in [5.74, 6) is -0.0880. The Morgan fingerprint density at radius 3 is 2.13 bits per heavy atom. The topological polar surface area (TPSA) is 55.8 Å². The minimum Gasteiger partial charge on any atom is -0.507 e. The number of methoxy groups -OCH3 is 2. The molecule has 2 rings (SSSR count). The minimum atomic E-state index is -0.535. The van der Waals surface area contributed by atoms with Crippen LogP contribution in [0, 0.1) is 0 Å². The Labute approximate surface area is 87.7 Å². The van der Waals surface area contributed by atoms with E-state index < -0.39 is 5.97 Å². The second-order valence-corrected chi connectivity index (χ2v) is 2.85. The molecule has 80 valence electrons. The normalized spacial score (nSPS) is 9.47. The largest absolute Gasteiger partial charge is 0.507 e. The van der Waals surface area contributed by atoms with E-state index in [1.807, 2.05) is 12.1 Å². The van der Waals surface area contributed by atoms with Crippen molar-refractivity contribution >= 4 is 5.97 Å². The van der Waals surface area contributed by atoms with E-state index in [1.165, 1.54) is 19.8 Å². The van der Waals surface area contributed by atoms with Crippen molar-refractivity contribution in [3.8, 4) is 16.9 Å². The molecule has 0 aliphatic heterocycles. The van der Waals surface area contributed by atoms with Gasteiger partial charge in [0, 0.05) is 5.56 Å². The van der Waals surface area contributed by atoms with Gasteiger partial charge in [0.2, 0.25) is 0 Å². The molecule has 0 atom stereocenters. The number of phenols is 1. The lowest BCUT2D eigenvalue weighted by Crippen LogP contribution is -2.04. The van der Waals surface area contributed by atoms with E-state index in [0.29, 0.717) is 5.75 Å². The van der Waals surface area contributed by atoms with Gasteiger partial charge < -0.3 is 14.6 Å². The molecule has 15 heavy (non-hydrogen) atoms. The molecule has 2 aliphatic rings. The molecule has 4 heteroatoms. The van der Waals surface area contributed by atoms with E-state index in [9.17, 15) is 4.79 Å². The highest BCUT2D eigenvalue weighted by Crippen LogP contribution is 2.42. The third-order valence-corrected chi connectivity index (χ3v) is 1.88. The molecule has 0 saturated heterocycles. The highest BCUT2D eigenvalue weighted by Gasteiger charge is 2.15. The molecule has 0 amide bonds. The summed E-state index contributed by atoms with van der Waals surface area (Å²) in [6, 6.07) is 5.57. The first-order valence-electron chi connectivity index (χ1n) is 4.24. The molecule has 0 heterocycles. The maximum Gasteiger partial charge on any atom is 0.372 e. The summed E-state index contributed by atoms with van der Waals surface area (Å²) in [6.07, 6.45) is 0. The van der Waals surface area contributed by atoms with Crippen LogP contribution in [0.3, 0.4) is 0 Å². The predicted octanol–water partition coefficient (Wildman–Crippen LogP) is 1.69. The Morgan fingerprint density at radius 1 is 1.33 bits per heavy atom. The van der Waals surface area contributed by atoms with Gasteiger partial charge in [0.15, 0.2) is 5.76 Å². The molecule has 0 radical (unpaired) electrons. The van der Waals surface area contributed by atoms with Gasteiger partial charge in [-0.15, -0.1) is 0 Å². The first kappa shape index (κ1) is 11.1. The number of carbonyl (C=O) groups is 1. The van der Waals surface area contributed by atoms with Gasteiger partial charge in [-0.05, 0) is 24.3 Å². The van der Waals surface area contributed by atoms with Crippen molar-refractivity contribution in [2.45, 2.75) is 0 Å². The standard InChI is InChI=1S/C6H4O.C5H8O3/c7-6-2-1-4-3-5(4)6;1-4(7-2)5(6)8-3/h1-3,7H;1H2,2-3H3. The van der Waals surface area contributed by atoms with Crippen molar-refractivity contribution in [3.05, 3.63) is 30.5 Å². The number of fused-ring (bicyclic) bond motifs is 1. The number of hydrogen-bond acceptors (Lipinski definition) is 4. The third-order valence-electron chi connectivity index (χ3n) is 1.88. The van der Waals surface area contributed by atoms with Gasteiger partial charge in [-0.25, -0.2) is 4.79 Å². The first-order chi connectivity index (χ1) is 7.10. The smallest absolute Gasteiger partial charge is 0.372 e. The molecule has 4 nitrogen and oxygen atoms in total. The highest BCUT2D eigenvalue weighted by molar-refractivity contribution is 5.86. The number of carbonyl (C=O) groups excluding carboxylic acids is 1. The van der Waals surface area contributed by atoms with E-state index in [0.717, 1.165) is 5.56 Å². The van der Waals surface area contributed by atoms with Crippen LogP contribution in [0.25, 0.3) is 11.1 Å². The zero-order valence-corrected chi connectivity index (χ0v) is 8.61. The van der Waals surface area contributed by atoms with Crippen LogP contribution in [0.4, 0.5) is 0 Å². The number of hydrogen-bond donors (Lipinski definition) is 1. The fraction of sp³-hybridized carbons (Fsp3) is 0.182. The van der Waals surface area contributed by atoms with E-state index in [4.69, 9.17) is 5.11 Å². The molecule has 0 saturated carbocycles. The lowest BCUT2D eigenvalue weighted by molar-refractivity contribution is -0.139. The summed E-state index contributed by atoms with van der Waals surface area (Å²) >= 11 is 0. The summed E-state index contributed by atoms with van der Waals surface area (Å²) in [5, 5.41) is 8.78. The third kappa shape index (κ3) is 2.74. The summed E-state index contributed by atoms with van der Waals surface area (Å²) in [7, 11) is 2.63. The number of rotatable bonds is 2. The average molecular weight is 208 g/mol. The van der Waals surface area contributed by atoms with Crippen LogP contribution < -0.4 is 0 Å². The number of esters is 1. The Balaban J connectivity index is 0.000000150. The average Bonchev–Trinajstić information content (AvgIpc) is 2.97. The van der Waals surface area contributed by atoms with Crippen molar-refractivity contribution in [1.29, 1.82) is 0 Å². The molecule has 0 unspecified atom stereocenters. The highest BCUT2D eigenvalue weighted by atomic mass is 16.6. The lowest BCUT2D eigenvalue weighted by atomic mass is 10.5. The van der Waals surface area contributed by atoms with Crippen LogP contribution in [0.1, 0.15) is 0 Å². The Kier molecular flexibility index (Phi) is 3.33. The predicted molar refractivity (Wildman–Crippen MR) is 55.3 cm³/mol. The van der Waals surface area contributed by atoms with Gasteiger partial charge >= 0.3 is 5.97 Å². The first-order valence-corrected chi connectivity index (χ1v) is 4.24. The van der Waals surface area contributed by atoms with Gasteiger partial charge in [0.25, 0.3) is 0 Å². The van der Waals surface area contributed by atoms with Crippen LogP contribution in [0.15, 0.2) is 30.5 Å². The van der Waals surface area contributed by atoms with Crippen LogP contribution >= 0.6 is 0 Å². The summed E-state index contributed by atoms with van der Waals surface area (Å²) < 4.78 is 8.67. The monoisotopic (exact) mass is 208 g/mol. The van der Waals surface area contributed by atoms with E-state index >= 15 is 0 Å². The number of aromatic hydroxyl groups is 1. The van der Waals surface area contributed by atoms with E-state index in [1.54, 1.807) is 6.07 Å². The molecule has 0 bridgehead atoms. The molecule has 0 aromatic heterocycles. The molecule has 0 fully saturated rings. The summed E-state index contributed by atoms with van der Waals surface area (Å²) in [5.41, 5.74) is 2.22. The zero-order valence-electron chi connectivity index (χ0n) is 8.61. The quantitative estimate of drug-likeness (QED) is 0.463. The Bertz CT molecular complexity index is 382. The Hall–Kier alpha value is -1.97. The molecular formula is C11H12O4. The number of benzene rings is 1. The SMILES string of the molecule is C=C(OC)C(=O)OC.Oc1ccc2cc1-2. The molecule has 0 spiro atoms. The second-order valence-electron chi connectivity index (χ2n) is 2.85. The molecule has 2 aliphatic carbocycles. The maximum atomic E-state index is 10.3. The van der Waals surface area contributed by atoms with Gasteiger partial charge in [-0.2, -0.15) is 0 Å². The fourth-order valence-corrected chi connectivity index (χ4v) is 0.935. The van der Waals surface area contributed by atoms with Crippen molar-refractivity contribution in [2.24, 2.45) is 0 Å². The van der Waals surface area contributed by atoms with Crippen LogP contribution in [-0.4, -0.2) is 25.3 Å². The summed E-state index contributed by atoms with van der Waals surface area (Å²) in [6.45, 7) is 3.25. The number of phenolic OH excluding ortho intramolecular Hbond substituents is 1. The van der Waals surface area contributed by atoms with E-state index in [2.05, 4.69) is 16.1 Å². The minimum absolute atomic E-state index is 0.0208. The van der Waals surface area contributed by atoms with Crippen molar-refractivity contribution in [3.63, 3.8) is 0 Å². The molecule has 1 N–H and O–H groups in total. The van der Waals surface area contributed by atoms with E-state index in [-0.39, 0.29) is 5.76 Å². The lowest BCUT2D eigenvalue weighted by Gasteiger charge is -1.98. The van der Waals surface area contributed by atoms with Crippen LogP contribution in [0.2, 0.25) is 0 Å². The van der Waals surface area contributed by atoms with Crippen molar-refractivity contribution in [2.75, 3.05) is 14.2 Å². The van der Waals surface area contributed by atoms with Crippen LogP contribution in [-0.2, 0) is 14.3 Å². The molecular weight excluding hydrogens is 196 g/mol. The maximum absolute atomic E-state index is 10.3. The zero-order chi connectivity index (χ0) is 11.4. The van der Waals surface area contributed by atoms with Gasteiger partial charge in [-0.3, -0.25) is 0 Å². The van der Waals surface area contributed by atoms with Gasteiger partial charge in [0.05, 0.1) is 14.2 Å². The summed E-state index contributed by atoms with van der Waals surface area (Å²) in [4.78, 5) is 10.3.